The number of hydrogen-bond acceptors (Lipinski definition) is 4. The molecule has 22 aromatic rings. The summed E-state index contributed by atoms with van der Waals surface area (Å²) < 4.78 is 14.0. The maximum Gasteiger partial charge on any atom is 0.104 e. The van der Waals surface area contributed by atoms with Gasteiger partial charge in [-0.1, -0.05) is 255 Å². The SMILES string of the molecule is N#Cc1c(-n2c3ccccc3c3ccccc32)c(-n2c3cccc(-c4cccc5ccccc45)c3c3ccc4c5ccccc5sc4c32)c(C#N)c(-n2c3ccccc3c3ccccc32)c1-n1c2cc(-c3cccc4ccc5ccccc5c34)ccc2c2ccc3c4ccccc4sc3c21. The zero-order valence-electron chi connectivity index (χ0n) is 53.4. The predicted molar refractivity (Wildman–Crippen MR) is 422 cm³/mol. The van der Waals surface area contributed by atoms with Crippen LogP contribution in [0.1, 0.15) is 11.1 Å². The number of fused-ring (bicyclic) bond motifs is 24. The smallest absolute Gasteiger partial charge is 0.104 e. The summed E-state index contributed by atoms with van der Waals surface area (Å²) in [7, 11) is 0. The van der Waals surface area contributed by atoms with E-state index in [1.807, 2.05) is 0 Å². The van der Waals surface area contributed by atoms with Crippen molar-refractivity contribution in [3.63, 3.8) is 0 Å². The van der Waals surface area contributed by atoms with Gasteiger partial charge in [0.2, 0.25) is 0 Å². The third kappa shape index (κ3) is 7.37. The fourth-order valence-electron chi connectivity index (χ4n) is 17.3. The topological polar surface area (TPSA) is 67.3 Å². The van der Waals surface area contributed by atoms with Crippen LogP contribution in [0.25, 0.3) is 205 Å². The first-order chi connectivity index (χ1) is 49.6. The zero-order chi connectivity index (χ0) is 65.6. The van der Waals surface area contributed by atoms with Crippen molar-refractivity contribution < 1.29 is 0 Å². The van der Waals surface area contributed by atoms with Crippen LogP contribution in [0.2, 0.25) is 0 Å². The number of hydrogen-bond donors (Lipinski definition) is 0. The van der Waals surface area contributed by atoms with Gasteiger partial charge in [-0.05, 0) is 103 Å². The summed E-state index contributed by atoms with van der Waals surface area (Å²) in [6, 6.07) is 116. The van der Waals surface area contributed by atoms with E-state index in [-0.39, 0.29) is 0 Å². The molecule has 6 heterocycles. The van der Waals surface area contributed by atoms with Crippen LogP contribution in [-0.4, -0.2) is 18.3 Å². The van der Waals surface area contributed by atoms with E-state index >= 15 is 0 Å². The van der Waals surface area contributed by atoms with Crippen LogP contribution >= 0.6 is 22.7 Å². The molecule has 22 rings (SSSR count). The number of para-hydroxylation sites is 4. The average Bonchev–Trinajstić information content (AvgIpc) is 1.50. The van der Waals surface area contributed by atoms with E-state index in [0.29, 0.717) is 33.9 Å². The first kappa shape index (κ1) is 55.1. The van der Waals surface area contributed by atoms with Gasteiger partial charge in [0.25, 0.3) is 0 Å². The molecule has 0 unspecified atom stereocenters. The van der Waals surface area contributed by atoms with E-state index in [4.69, 9.17) is 0 Å². The van der Waals surface area contributed by atoms with Gasteiger partial charge < -0.3 is 18.3 Å². The summed E-state index contributed by atoms with van der Waals surface area (Å²) in [6.07, 6.45) is 0. The molecule has 0 atom stereocenters. The van der Waals surface area contributed by atoms with Gasteiger partial charge in [-0.3, -0.25) is 0 Å². The highest BCUT2D eigenvalue weighted by Gasteiger charge is 2.36. The predicted octanol–water partition coefficient (Wildman–Crippen LogP) is 25.3. The molecule has 0 bridgehead atoms. The second kappa shape index (κ2) is 20.7. The average molecular weight is 1300 g/mol. The quantitative estimate of drug-likeness (QED) is 0.156. The molecule has 6 aromatic heterocycles. The van der Waals surface area contributed by atoms with Crippen molar-refractivity contribution in [1.82, 2.24) is 18.3 Å². The molecule has 0 amide bonds. The second-order valence-electron chi connectivity index (χ2n) is 26.3. The highest BCUT2D eigenvalue weighted by Crippen LogP contribution is 2.54. The summed E-state index contributed by atoms with van der Waals surface area (Å²) >= 11 is 3.56. The Morgan fingerprint density at radius 3 is 1.20 bits per heavy atom. The number of thiophene rings is 2. The minimum absolute atomic E-state index is 0.402. The number of rotatable bonds is 6. The van der Waals surface area contributed by atoms with Gasteiger partial charge in [0.05, 0.1) is 76.3 Å². The molecule has 0 aliphatic rings. The Morgan fingerprint density at radius 1 is 0.240 bits per heavy atom. The minimum atomic E-state index is 0.402. The van der Waals surface area contributed by atoms with Crippen molar-refractivity contribution in [3.05, 3.63) is 314 Å². The summed E-state index contributed by atoms with van der Waals surface area (Å²) in [4.78, 5) is 0. The van der Waals surface area contributed by atoms with Gasteiger partial charge in [0.1, 0.15) is 23.3 Å². The molecule has 6 nitrogen and oxygen atoms in total. The van der Waals surface area contributed by atoms with Crippen molar-refractivity contribution in [2.45, 2.75) is 0 Å². The Hall–Kier alpha value is -13.1. The highest BCUT2D eigenvalue weighted by molar-refractivity contribution is 7.27. The van der Waals surface area contributed by atoms with Gasteiger partial charge in [-0.15, -0.1) is 22.7 Å². The molecule has 0 N–H and O–H groups in total. The molecule has 0 aliphatic carbocycles. The maximum atomic E-state index is 13.6. The van der Waals surface area contributed by atoms with Gasteiger partial charge in [-0.2, -0.15) is 10.5 Å². The van der Waals surface area contributed by atoms with Crippen molar-refractivity contribution in [2.75, 3.05) is 0 Å². The third-order valence-electron chi connectivity index (χ3n) is 21.4. The van der Waals surface area contributed by atoms with Gasteiger partial charge in [0.15, 0.2) is 0 Å². The Morgan fingerprint density at radius 2 is 0.620 bits per heavy atom. The molecule has 460 valence electrons. The van der Waals surface area contributed by atoms with Crippen molar-refractivity contribution in [2.24, 2.45) is 0 Å². The molecule has 0 saturated heterocycles. The second-order valence-corrected chi connectivity index (χ2v) is 28.4. The van der Waals surface area contributed by atoms with E-state index in [9.17, 15) is 10.5 Å². The van der Waals surface area contributed by atoms with E-state index in [1.165, 1.54) is 16.2 Å². The monoisotopic (exact) mass is 1300 g/mol. The van der Waals surface area contributed by atoms with Crippen LogP contribution < -0.4 is 0 Å². The van der Waals surface area contributed by atoms with Crippen molar-refractivity contribution >= 4 is 183 Å². The molecule has 0 saturated carbocycles. The first-order valence-corrected chi connectivity index (χ1v) is 35.4. The van der Waals surface area contributed by atoms with Crippen LogP contribution in [0.3, 0.4) is 0 Å². The van der Waals surface area contributed by atoms with Gasteiger partial charge >= 0.3 is 0 Å². The summed E-state index contributed by atoms with van der Waals surface area (Å²) in [5.74, 6) is 0. The molecular formula is C92H50N6S2. The number of nitrogens with zero attached hydrogens (tertiary/aromatic N) is 6. The minimum Gasteiger partial charge on any atom is -0.306 e. The fourth-order valence-corrected chi connectivity index (χ4v) is 19.8. The summed E-state index contributed by atoms with van der Waals surface area (Å²) in [5.41, 5.74) is 14.9. The molecule has 16 aromatic carbocycles. The van der Waals surface area contributed by atoms with E-state index < -0.39 is 0 Å². The molecule has 100 heavy (non-hydrogen) atoms. The number of benzene rings is 16. The fraction of sp³-hybridized carbons (Fsp3) is 0. The lowest BCUT2D eigenvalue weighted by Crippen LogP contribution is -2.16. The number of aromatic nitrogens is 4. The van der Waals surface area contributed by atoms with Gasteiger partial charge in [0, 0.05) is 74.0 Å². The van der Waals surface area contributed by atoms with Crippen LogP contribution in [0.5, 0.6) is 0 Å². The molecule has 0 fully saturated rings. The van der Waals surface area contributed by atoms with E-state index in [0.717, 1.165) is 166 Å². The van der Waals surface area contributed by atoms with Crippen molar-refractivity contribution in [3.8, 4) is 57.1 Å². The highest BCUT2D eigenvalue weighted by atomic mass is 32.1. The molecular weight excluding hydrogens is 1250 g/mol. The normalized spacial score (nSPS) is 12.2. The van der Waals surface area contributed by atoms with Crippen LogP contribution in [0.15, 0.2) is 303 Å². The van der Waals surface area contributed by atoms with Crippen molar-refractivity contribution in [1.29, 1.82) is 10.5 Å². The molecule has 0 spiro atoms. The first-order valence-electron chi connectivity index (χ1n) is 33.8. The zero-order valence-corrected chi connectivity index (χ0v) is 55.0. The molecule has 0 aliphatic heterocycles. The largest absolute Gasteiger partial charge is 0.306 e. The van der Waals surface area contributed by atoms with Crippen LogP contribution in [-0.2, 0) is 0 Å². The Kier molecular flexibility index (Phi) is 11.4. The molecule has 8 heteroatoms. The lowest BCUT2D eigenvalue weighted by molar-refractivity contribution is 1.03. The Balaban J connectivity index is 1.02. The molecule has 0 radical (unpaired) electrons. The summed E-state index contributed by atoms with van der Waals surface area (Å²) in [6.45, 7) is 0. The van der Waals surface area contributed by atoms with Gasteiger partial charge in [-0.25, -0.2) is 0 Å². The maximum absolute atomic E-state index is 13.6. The Bertz CT molecular complexity index is 7400. The lowest BCUT2D eigenvalue weighted by atomic mass is 9.93. The van der Waals surface area contributed by atoms with E-state index in [2.05, 4.69) is 334 Å². The van der Waals surface area contributed by atoms with Crippen LogP contribution in [0, 0.1) is 22.7 Å². The van der Waals surface area contributed by atoms with E-state index in [1.54, 1.807) is 22.7 Å². The van der Waals surface area contributed by atoms with Crippen LogP contribution in [0.4, 0.5) is 0 Å². The standard InChI is InChI=1S/C92H50N6S2/c93-51-73-86(96-77-37-13-7-28-63(77)64-29-8-14-38-78(64)96)88(98-80-50-56(59-32-18-23-55-43-42-54-21-2-4-25-58(54)83(55)59)44-45-65(80)69-46-47-70-66-30-9-15-40-81(66)99-91(70)89(69)98)74(52-94)85(95-75-35-11-5-26-61(75)62-27-6-12-36-76(62)95)87(73)97-79-39-19-34-68(60-33-17-22-53-20-1-3-24-57(53)60)84(79)72-49-48-71-67-31-10-16-41-82(67)100-92(71)90(72)97/h1-50H. The Labute approximate surface area is 578 Å². The summed E-state index contributed by atoms with van der Waals surface area (Å²) in [5, 5.41) is 47.0. The number of nitriles is 2. The third-order valence-corrected chi connectivity index (χ3v) is 23.8. The lowest BCUT2D eigenvalue weighted by Gasteiger charge is -2.27.